The van der Waals surface area contributed by atoms with Crippen LogP contribution in [0.3, 0.4) is 0 Å². The van der Waals surface area contributed by atoms with E-state index in [4.69, 9.17) is 5.73 Å². The molecule has 1 heterocycles. The Morgan fingerprint density at radius 3 is 2.88 bits per heavy atom. The number of likely N-dealkylation sites (tertiary alicyclic amines) is 1. The largest absolute Gasteiger partial charge is 0.326 e. The second-order valence-electron chi connectivity index (χ2n) is 5.04. The Kier molecular flexibility index (Phi) is 2.73. The van der Waals surface area contributed by atoms with Crippen molar-refractivity contribution in [1.29, 1.82) is 0 Å². The van der Waals surface area contributed by atoms with Crippen LogP contribution in [0.25, 0.3) is 0 Å². The lowest BCUT2D eigenvalue weighted by Crippen LogP contribution is -2.27. The Balaban J connectivity index is 1.91. The lowest BCUT2D eigenvalue weighted by Gasteiger charge is -2.23. The van der Waals surface area contributed by atoms with Crippen molar-refractivity contribution in [2.75, 3.05) is 6.54 Å². The molecule has 1 atom stereocenters. The monoisotopic (exact) mass is 230 g/mol. The summed E-state index contributed by atoms with van der Waals surface area (Å²) in [6, 6.07) is 8.81. The van der Waals surface area contributed by atoms with Gasteiger partial charge in [0.2, 0.25) is 0 Å². The van der Waals surface area contributed by atoms with Gasteiger partial charge in [0.05, 0.1) is 6.04 Å². The molecule has 1 saturated carbocycles. The minimum Gasteiger partial charge on any atom is -0.326 e. The van der Waals surface area contributed by atoms with Crippen LogP contribution < -0.4 is 5.73 Å². The minimum absolute atomic E-state index is 0.00556. The molecule has 1 aromatic carbocycles. The zero-order valence-corrected chi connectivity index (χ0v) is 9.93. The van der Waals surface area contributed by atoms with Crippen LogP contribution in [0.5, 0.6) is 0 Å². The van der Waals surface area contributed by atoms with Crippen LogP contribution in [-0.4, -0.2) is 23.3 Å². The van der Waals surface area contributed by atoms with Crippen molar-refractivity contribution >= 4 is 5.78 Å². The molecule has 0 bridgehead atoms. The third-order valence-corrected chi connectivity index (χ3v) is 3.77. The van der Waals surface area contributed by atoms with Gasteiger partial charge < -0.3 is 5.73 Å². The van der Waals surface area contributed by atoms with Crippen LogP contribution in [0.4, 0.5) is 0 Å². The summed E-state index contributed by atoms with van der Waals surface area (Å²) < 4.78 is 0. The maximum atomic E-state index is 12.0. The Bertz CT molecular complexity index is 440. The number of hydrogen-bond acceptors (Lipinski definition) is 3. The maximum absolute atomic E-state index is 12.0. The third-order valence-electron chi connectivity index (χ3n) is 3.77. The number of Topliss-reactive ketones (excluding diaryl/α,β-unsaturated/α-hetero) is 1. The molecule has 1 aliphatic carbocycles. The zero-order valence-electron chi connectivity index (χ0n) is 9.93. The minimum atomic E-state index is -0.00556. The number of rotatable bonds is 3. The number of nitrogens with two attached hydrogens (primary N) is 1. The number of carbonyl (C=O) groups excluding carboxylic acids is 1. The smallest absolute Gasteiger partial charge is 0.155 e. The number of ketones is 1. The summed E-state index contributed by atoms with van der Waals surface area (Å²) in [7, 11) is 0. The highest BCUT2D eigenvalue weighted by atomic mass is 16.1. The molecule has 90 valence electrons. The molecule has 3 nitrogen and oxygen atoms in total. The fourth-order valence-corrected chi connectivity index (χ4v) is 2.76. The number of carbonyl (C=O) groups is 1. The van der Waals surface area contributed by atoms with Crippen LogP contribution >= 0.6 is 0 Å². The van der Waals surface area contributed by atoms with Crippen molar-refractivity contribution in [3.63, 3.8) is 0 Å². The van der Waals surface area contributed by atoms with Crippen LogP contribution in [-0.2, 0) is 11.3 Å². The summed E-state index contributed by atoms with van der Waals surface area (Å²) in [6.45, 7) is 1.47. The summed E-state index contributed by atoms with van der Waals surface area (Å²) in [6.07, 6.45) is 3.20. The van der Waals surface area contributed by atoms with Crippen molar-refractivity contribution in [3.05, 3.63) is 35.4 Å². The Morgan fingerprint density at radius 2 is 2.18 bits per heavy atom. The van der Waals surface area contributed by atoms with Crippen molar-refractivity contribution in [1.82, 2.24) is 4.90 Å². The lowest BCUT2D eigenvalue weighted by atomic mass is 10.0. The van der Waals surface area contributed by atoms with Gasteiger partial charge in [-0.1, -0.05) is 24.3 Å². The first kappa shape index (κ1) is 10.9. The molecule has 3 heteroatoms. The van der Waals surface area contributed by atoms with E-state index in [1.54, 1.807) is 0 Å². The molecule has 0 aromatic heterocycles. The summed E-state index contributed by atoms with van der Waals surface area (Å²) in [5, 5.41) is 0. The van der Waals surface area contributed by atoms with Crippen LogP contribution in [0.2, 0.25) is 0 Å². The third kappa shape index (κ3) is 2.01. The Hall–Kier alpha value is -1.19. The SMILES string of the molecule is NCc1cccc(C2C(=O)CCN2C2CC2)c1. The molecular formula is C14H18N2O. The highest BCUT2D eigenvalue weighted by molar-refractivity contribution is 5.87. The summed E-state index contributed by atoms with van der Waals surface area (Å²) in [5.74, 6) is 0.367. The second kappa shape index (κ2) is 4.24. The second-order valence-corrected chi connectivity index (χ2v) is 5.04. The van der Waals surface area contributed by atoms with E-state index < -0.39 is 0 Å². The summed E-state index contributed by atoms with van der Waals surface area (Å²) in [4.78, 5) is 14.4. The Labute approximate surface area is 102 Å². The van der Waals surface area contributed by atoms with E-state index in [9.17, 15) is 4.79 Å². The highest BCUT2D eigenvalue weighted by Gasteiger charge is 2.41. The van der Waals surface area contributed by atoms with Gasteiger partial charge in [-0.3, -0.25) is 9.69 Å². The molecule has 2 fully saturated rings. The first-order valence-electron chi connectivity index (χ1n) is 6.37. The number of benzene rings is 1. The van der Waals surface area contributed by atoms with E-state index >= 15 is 0 Å². The number of nitrogens with zero attached hydrogens (tertiary/aromatic N) is 1. The molecule has 2 aliphatic rings. The van der Waals surface area contributed by atoms with E-state index in [1.165, 1.54) is 12.8 Å². The molecule has 0 radical (unpaired) electrons. The van der Waals surface area contributed by atoms with Crippen molar-refractivity contribution in [2.24, 2.45) is 5.73 Å². The molecule has 0 amide bonds. The van der Waals surface area contributed by atoms with Gasteiger partial charge >= 0.3 is 0 Å². The molecule has 17 heavy (non-hydrogen) atoms. The summed E-state index contributed by atoms with van der Waals surface area (Å²) in [5.41, 5.74) is 7.90. The molecular weight excluding hydrogens is 212 g/mol. The van der Waals surface area contributed by atoms with Gasteiger partial charge in [0, 0.05) is 25.6 Å². The predicted octanol–water partition coefficient (Wildman–Crippen LogP) is 1.62. The molecule has 3 rings (SSSR count). The molecule has 0 spiro atoms. The van der Waals surface area contributed by atoms with Gasteiger partial charge in [-0.05, 0) is 24.0 Å². The van der Waals surface area contributed by atoms with E-state index in [2.05, 4.69) is 17.0 Å². The molecule has 2 N–H and O–H groups in total. The quantitative estimate of drug-likeness (QED) is 0.858. The maximum Gasteiger partial charge on any atom is 0.155 e. The Morgan fingerprint density at radius 1 is 1.35 bits per heavy atom. The topological polar surface area (TPSA) is 46.3 Å². The van der Waals surface area contributed by atoms with Gasteiger partial charge in [0.25, 0.3) is 0 Å². The van der Waals surface area contributed by atoms with Gasteiger partial charge in [-0.25, -0.2) is 0 Å². The highest BCUT2D eigenvalue weighted by Crippen LogP contribution is 2.39. The average Bonchev–Trinajstić information content (AvgIpc) is 3.13. The van der Waals surface area contributed by atoms with Gasteiger partial charge in [-0.2, -0.15) is 0 Å². The average molecular weight is 230 g/mol. The van der Waals surface area contributed by atoms with Crippen molar-refractivity contribution in [3.8, 4) is 0 Å². The normalized spacial score (nSPS) is 25.5. The molecule has 1 saturated heterocycles. The van der Waals surface area contributed by atoms with Crippen LogP contribution in [0.15, 0.2) is 24.3 Å². The van der Waals surface area contributed by atoms with Crippen LogP contribution in [0.1, 0.15) is 36.4 Å². The summed E-state index contributed by atoms with van der Waals surface area (Å²) >= 11 is 0. The van der Waals surface area contributed by atoms with Gasteiger partial charge in [0.15, 0.2) is 5.78 Å². The van der Waals surface area contributed by atoms with Gasteiger partial charge in [0.1, 0.15) is 0 Å². The van der Waals surface area contributed by atoms with Crippen molar-refractivity contribution in [2.45, 2.75) is 37.9 Å². The fourth-order valence-electron chi connectivity index (χ4n) is 2.76. The molecule has 1 aliphatic heterocycles. The zero-order chi connectivity index (χ0) is 11.8. The van der Waals surface area contributed by atoms with E-state index in [0.29, 0.717) is 24.8 Å². The van der Waals surface area contributed by atoms with Crippen LogP contribution in [0, 0.1) is 0 Å². The predicted molar refractivity (Wildman–Crippen MR) is 66.4 cm³/mol. The molecule has 1 aromatic rings. The van der Waals surface area contributed by atoms with Gasteiger partial charge in [-0.15, -0.1) is 0 Å². The van der Waals surface area contributed by atoms with E-state index in [-0.39, 0.29) is 6.04 Å². The van der Waals surface area contributed by atoms with E-state index in [0.717, 1.165) is 17.7 Å². The first-order valence-corrected chi connectivity index (χ1v) is 6.37. The van der Waals surface area contributed by atoms with Crippen molar-refractivity contribution < 1.29 is 4.79 Å². The number of hydrogen-bond donors (Lipinski definition) is 1. The first-order chi connectivity index (χ1) is 8.29. The lowest BCUT2D eigenvalue weighted by molar-refractivity contribution is -0.120. The standard InChI is InChI=1S/C14H18N2O/c15-9-10-2-1-3-11(8-10)14-13(17)6-7-16(14)12-4-5-12/h1-3,8,12,14H,4-7,9,15H2. The van der Waals surface area contributed by atoms with E-state index in [1.807, 2.05) is 12.1 Å². The fraction of sp³-hybridized carbons (Fsp3) is 0.500. The molecule has 1 unspecified atom stereocenters.